The van der Waals surface area contributed by atoms with Crippen LogP contribution in [0, 0.1) is 0 Å². The molecule has 2 aromatic rings. The lowest BCUT2D eigenvalue weighted by Gasteiger charge is -2.33. The highest BCUT2D eigenvalue weighted by atomic mass is 35.5. The normalized spacial score (nSPS) is 20.6. The topological polar surface area (TPSA) is 33.3 Å². The molecule has 1 fully saturated rings. The summed E-state index contributed by atoms with van der Waals surface area (Å²) in [6, 6.07) is 19.5. The van der Waals surface area contributed by atoms with Gasteiger partial charge in [0.1, 0.15) is 5.75 Å². The first-order valence-corrected chi connectivity index (χ1v) is 7.99. The Labute approximate surface area is 144 Å². The first kappa shape index (κ1) is 17.8. The Morgan fingerprint density at radius 1 is 1.09 bits per heavy atom. The molecule has 0 bridgehead atoms. The van der Waals surface area contributed by atoms with Gasteiger partial charge in [0, 0.05) is 30.6 Å². The average Bonchev–Trinajstić information content (AvgIpc) is 2.61. The molecular weight excluding hydrogens is 308 g/mol. The van der Waals surface area contributed by atoms with E-state index in [1.165, 1.54) is 11.1 Å². The molecule has 0 radical (unpaired) electrons. The van der Waals surface area contributed by atoms with Gasteiger partial charge in [0.05, 0.1) is 7.11 Å². The van der Waals surface area contributed by atoms with E-state index in [1.54, 1.807) is 7.11 Å². The highest BCUT2D eigenvalue weighted by Crippen LogP contribution is 2.25. The summed E-state index contributed by atoms with van der Waals surface area (Å²) in [7, 11) is 1.73. The SMILES string of the molecule is COc1ccccc1CN[C@H]1CCNC[C@H]1c1ccccc1.Cl. The molecule has 4 heteroatoms. The van der Waals surface area contributed by atoms with Gasteiger partial charge in [-0.25, -0.2) is 0 Å². The molecule has 0 amide bonds. The Morgan fingerprint density at radius 2 is 1.83 bits per heavy atom. The molecule has 0 aromatic heterocycles. The van der Waals surface area contributed by atoms with E-state index >= 15 is 0 Å². The van der Waals surface area contributed by atoms with Gasteiger partial charge < -0.3 is 15.4 Å². The van der Waals surface area contributed by atoms with Crippen molar-refractivity contribution in [2.24, 2.45) is 0 Å². The van der Waals surface area contributed by atoms with E-state index in [0.29, 0.717) is 12.0 Å². The number of methoxy groups -OCH3 is 1. The van der Waals surface area contributed by atoms with E-state index in [1.807, 2.05) is 12.1 Å². The Morgan fingerprint density at radius 3 is 2.61 bits per heavy atom. The molecule has 0 saturated carbocycles. The summed E-state index contributed by atoms with van der Waals surface area (Å²) in [5, 5.41) is 7.26. The number of para-hydroxylation sites is 1. The molecule has 0 aliphatic carbocycles. The van der Waals surface area contributed by atoms with Crippen LogP contribution in [0.2, 0.25) is 0 Å². The summed E-state index contributed by atoms with van der Waals surface area (Å²) in [6.45, 7) is 2.96. The summed E-state index contributed by atoms with van der Waals surface area (Å²) in [5.41, 5.74) is 2.63. The third kappa shape index (κ3) is 4.47. The van der Waals surface area contributed by atoms with E-state index in [-0.39, 0.29) is 12.4 Å². The molecule has 2 atom stereocenters. The van der Waals surface area contributed by atoms with Gasteiger partial charge in [0.15, 0.2) is 0 Å². The number of benzene rings is 2. The van der Waals surface area contributed by atoms with Crippen molar-refractivity contribution in [1.82, 2.24) is 10.6 Å². The van der Waals surface area contributed by atoms with Crippen molar-refractivity contribution in [3.8, 4) is 5.75 Å². The number of ether oxygens (including phenoxy) is 1. The van der Waals surface area contributed by atoms with Crippen molar-refractivity contribution in [2.45, 2.75) is 24.9 Å². The molecule has 1 saturated heterocycles. The molecule has 23 heavy (non-hydrogen) atoms. The van der Waals surface area contributed by atoms with Gasteiger partial charge in [0.2, 0.25) is 0 Å². The number of piperidine rings is 1. The maximum Gasteiger partial charge on any atom is 0.123 e. The second-order valence-electron chi connectivity index (χ2n) is 5.81. The molecule has 1 heterocycles. The fourth-order valence-corrected chi connectivity index (χ4v) is 3.24. The predicted octanol–water partition coefficient (Wildman–Crippen LogP) is 3.35. The van der Waals surface area contributed by atoms with Crippen LogP contribution in [-0.4, -0.2) is 26.2 Å². The Hall–Kier alpha value is -1.55. The van der Waals surface area contributed by atoms with Crippen molar-refractivity contribution in [1.29, 1.82) is 0 Å². The van der Waals surface area contributed by atoms with Gasteiger partial charge >= 0.3 is 0 Å². The Balaban J connectivity index is 0.00000192. The summed E-state index contributed by atoms with van der Waals surface area (Å²) in [4.78, 5) is 0. The second-order valence-corrected chi connectivity index (χ2v) is 5.81. The zero-order valence-corrected chi connectivity index (χ0v) is 14.3. The molecule has 0 spiro atoms. The molecule has 124 valence electrons. The summed E-state index contributed by atoms with van der Waals surface area (Å²) >= 11 is 0. The first-order valence-electron chi connectivity index (χ1n) is 7.99. The highest BCUT2D eigenvalue weighted by Gasteiger charge is 2.25. The lowest BCUT2D eigenvalue weighted by Crippen LogP contribution is -2.45. The zero-order valence-electron chi connectivity index (χ0n) is 13.5. The van der Waals surface area contributed by atoms with Crippen LogP contribution in [0.5, 0.6) is 5.75 Å². The van der Waals surface area contributed by atoms with Crippen LogP contribution in [0.1, 0.15) is 23.5 Å². The van der Waals surface area contributed by atoms with Gasteiger partial charge in [-0.1, -0.05) is 48.5 Å². The van der Waals surface area contributed by atoms with Crippen LogP contribution in [-0.2, 0) is 6.54 Å². The van der Waals surface area contributed by atoms with Gasteiger partial charge in [-0.3, -0.25) is 0 Å². The van der Waals surface area contributed by atoms with Crippen molar-refractivity contribution in [2.75, 3.05) is 20.2 Å². The van der Waals surface area contributed by atoms with Crippen molar-refractivity contribution >= 4 is 12.4 Å². The number of hydrogen-bond acceptors (Lipinski definition) is 3. The summed E-state index contributed by atoms with van der Waals surface area (Å²) < 4.78 is 5.44. The van der Waals surface area contributed by atoms with Crippen LogP contribution in [0.3, 0.4) is 0 Å². The largest absolute Gasteiger partial charge is 0.496 e. The van der Waals surface area contributed by atoms with Gasteiger partial charge in [0.25, 0.3) is 0 Å². The van der Waals surface area contributed by atoms with Crippen LogP contribution in [0.25, 0.3) is 0 Å². The minimum atomic E-state index is 0. The molecule has 2 N–H and O–H groups in total. The van der Waals surface area contributed by atoms with E-state index < -0.39 is 0 Å². The highest BCUT2D eigenvalue weighted by molar-refractivity contribution is 5.85. The van der Waals surface area contributed by atoms with Crippen LogP contribution in [0.4, 0.5) is 0 Å². The monoisotopic (exact) mass is 332 g/mol. The quantitative estimate of drug-likeness (QED) is 0.881. The van der Waals surface area contributed by atoms with E-state index in [0.717, 1.165) is 31.8 Å². The van der Waals surface area contributed by atoms with E-state index in [9.17, 15) is 0 Å². The Bertz CT molecular complexity index is 591. The molecular formula is C19H25ClN2O. The standard InChI is InChI=1S/C19H24N2O.ClH/c1-22-19-10-6-5-9-16(19)13-21-18-11-12-20-14-17(18)15-7-3-2-4-8-15;/h2-10,17-18,20-21H,11-14H2,1H3;1H/t17-,18-;/m0./s1. The number of halogens is 1. The van der Waals surface area contributed by atoms with E-state index in [4.69, 9.17) is 4.74 Å². The molecule has 3 nitrogen and oxygen atoms in total. The number of hydrogen-bond donors (Lipinski definition) is 2. The fraction of sp³-hybridized carbons (Fsp3) is 0.368. The summed E-state index contributed by atoms with van der Waals surface area (Å²) in [5.74, 6) is 1.48. The smallest absolute Gasteiger partial charge is 0.123 e. The van der Waals surface area contributed by atoms with Crippen molar-refractivity contribution in [3.63, 3.8) is 0 Å². The number of rotatable bonds is 5. The predicted molar refractivity (Wildman–Crippen MR) is 97.5 cm³/mol. The fourth-order valence-electron chi connectivity index (χ4n) is 3.24. The zero-order chi connectivity index (χ0) is 15.2. The molecule has 1 aliphatic rings. The van der Waals surface area contributed by atoms with Gasteiger partial charge in [-0.05, 0) is 24.6 Å². The van der Waals surface area contributed by atoms with Crippen LogP contribution in [0.15, 0.2) is 54.6 Å². The van der Waals surface area contributed by atoms with Crippen LogP contribution >= 0.6 is 12.4 Å². The molecule has 2 aromatic carbocycles. The lowest BCUT2D eigenvalue weighted by atomic mass is 9.87. The lowest BCUT2D eigenvalue weighted by molar-refractivity contribution is 0.337. The third-order valence-electron chi connectivity index (χ3n) is 4.46. The third-order valence-corrected chi connectivity index (χ3v) is 4.46. The van der Waals surface area contributed by atoms with Gasteiger partial charge in [-0.15, -0.1) is 12.4 Å². The molecule has 3 rings (SSSR count). The Kier molecular flexibility index (Phi) is 6.90. The first-order chi connectivity index (χ1) is 10.9. The van der Waals surface area contributed by atoms with Crippen molar-refractivity contribution < 1.29 is 4.74 Å². The summed E-state index contributed by atoms with van der Waals surface area (Å²) in [6.07, 6.45) is 1.15. The van der Waals surface area contributed by atoms with Crippen molar-refractivity contribution in [3.05, 3.63) is 65.7 Å². The van der Waals surface area contributed by atoms with Crippen LogP contribution < -0.4 is 15.4 Å². The minimum absolute atomic E-state index is 0. The van der Waals surface area contributed by atoms with E-state index in [2.05, 4.69) is 53.1 Å². The minimum Gasteiger partial charge on any atom is -0.496 e. The average molecular weight is 333 g/mol. The number of nitrogens with one attached hydrogen (secondary N) is 2. The molecule has 0 unspecified atom stereocenters. The van der Waals surface area contributed by atoms with Gasteiger partial charge in [-0.2, -0.15) is 0 Å². The second kappa shape index (κ2) is 8.92. The maximum absolute atomic E-state index is 5.44. The molecule has 1 aliphatic heterocycles. The maximum atomic E-state index is 5.44.